The van der Waals surface area contributed by atoms with Gasteiger partial charge in [0.1, 0.15) is 17.6 Å². The molecule has 13 nitrogen and oxygen atoms in total. The molecule has 0 aromatic heterocycles. The molecule has 0 aromatic rings. The quantitative estimate of drug-likeness (QED) is 0.103. The summed E-state index contributed by atoms with van der Waals surface area (Å²) < 4.78 is 15.6. The molecule has 4 N–H and O–H groups in total. The van der Waals surface area contributed by atoms with Gasteiger partial charge in [-0.05, 0) is 39.7 Å². The van der Waals surface area contributed by atoms with Crippen LogP contribution in [0, 0.1) is 0 Å². The van der Waals surface area contributed by atoms with Crippen LogP contribution in [0.5, 0.6) is 0 Å². The molecule has 2 atom stereocenters. The predicted octanol–water partition coefficient (Wildman–Crippen LogP) is -0.240. The van der Waals surface area contributed by atoms with Crippen molar-refractivity contribution in [2.75, 3.05) is 73.9 Å². The van der Waals surface area contributed by atoms with E-state index in [0.29, 0.717) is 52.2 Å². The van der Waals surface area contributed by atoms with Crippen molar-refractivity contribution in [3.05, 3.63) is 0 Å². The van der Waals surface area contributed by atoms with Crippen molar-refractivity contribution in [1.29, 1.82) is 0 Å². The van der Waals surface area contributed by atoms with Gasteiger partial charge in [0.25, 0.3) is 0 Å². The maximum atomic E-state index is 12.4. The van der Waals surface area contributed by atoms with Crippen LogP contribution in [-0.4, -0.2) is 125 Å². The third kappa shape index (κ3) is 19.3. The smallest absolute Gasteiger partial charge is 0.326 e. The van der Waals surface area contributed by atoms with Gasteiger partial charge < -0.3 is 40.2 Å². The minimum Gasteiger partial charge on any atom is -0.480 e. The van der Waals surface area contributed by atoms with Gasteiger partial charge in [-0.1, -0.05) is 0 Å². The lowest BCUT2D eigenvalue weighted by Crippen LogP contribution is -2.43. The van der Waals surface area contributed by atoms with E-state index < -0.39 is 17.9 Å². The summed E-state index contributed by atoms with van der Waals surface area (Å²) in [4.78, 5) is 60.2. The molecule has 226 valence electrons. The summed E-state index contributed by atoms with van der Waals surface area (Å²) in [6.45, 7) is 4.29. The topological polar surface area (TPSA) is 173 Å². The Hall–Kier alpha value is -2.45. The van der Waals surface area contributed by atoms with Gasteiger partial charge in [-0.25, -0.2) is 4.79 Å². The van der Waals surface area contributed by atoms with Crippen molar-refractivity contribution in [1.82, 2.24) is 20.9 Å². The van der Waals surface area contributed by atoms with E-state index in [9.17, 15) is 29.1 Å². The number of unbranched alkanes of at least 4 members (excludes halogenated alkanes) is 1. The minimum atomic E-state index is -1.18. The first-order chi connectivity index (χ1) is 18.6. The molecule has 0 spiro atoms. The maximum absolute atomic E-state index is 12.4. The Balaban J connectivity index is 4.02. The number of carboxylic acid groups (broad SMARTS) is 1. The number of carbonyl (C=O) groups is 5. The Morgan fingerprint density at radius 1 is 0.872 bits per heavy atom. The summed E-state index contributed by atoms with van der Waals surface area (Å²) in [6, 6.07) is -1.31. The highest BCUT2D eigenvalue weighted by atomic mass is 16.5. The molecule has 0 fully saturated rings. The number of ketones is 2. The molecule has 0 heterocycles. The lowest BCUT2D eigenvalue weighted by atomic mass is 10.1. The zero-order valence-corrected chi connectivity index (χ0v) is 23.9. The zero-order chi connectivity index (χ0) is 29.5. The Morgan fingerprint density at radius 2 is 1.56 bits per heavy atom. The van der Waals surface area contributed by atoms with E-state index in [0.717, 1.165) is 11.3 Å². The summed E-state index contributed by atoms with van der Waals surface area (Å²) in [7, 11) is 4.69. The Kier molecular flexibility index (Phi) is 22.0. The SMILES string of the molecule is CNC(CCCCNC(=O)CCC(C(=O)O)N(C)C(=O)CCOCCOCCNCC(=O)CCOC)C(C)=O. The zero-order valence-electron chi connectivity index (χ0n) is 23.9. The standard InChI is InChI=1S/C26H48N4O9/c1-20(31)22(27-2)7-5-6-12-29-24(33)9-8-23(26(35)36)30(3)25(34)11-15-38-17-18-39-16-13-28-19-21(32)10-14-37-4/h22-23,27-28H,5-19H2,1-4H3,(H,29,33)(H,35,36). The molecule has 0 aliphatic rings. The molecule has 39 heavy (non-hydrogen) atoms. The van der Waals surface area contributed by atoms with Crippen LogP contribution in [0.3, 0.4) is 0 Å². The second-order valence-corrected chi connectivity index (χ2v) is 9.13. The molecule has 0 rings (SSSR count). The minimum absolute atomic E-state index is 0.00369. The van der Waals surface area contributed by atoms with E-state index in [2.05, 4.69) is 16.0 Å². The van der Waals surface area contributed by atoms with Crippen LogP contribution < -0.4 is 16.0 Å². The highest BCUT2D eigenvalue weighted by Gasteiger charge is 2.26. The average molecular weight is 561 g/mol. The van der Waals surface area contributed by atoms with Crippen molar-refractivity contribution in [2.24, 2.45) is 0 Å². The molecular weight excluding hydrogens is 512 g/mol. The fourth-order valence-corrected chi connectivity index (χ4v) is 3.60. The second kappa shape index (κ2) is 23.4. The number of methoxy groups -OCH3 is 1. The number of Topliss-reactive ketones (excluding diaryl/α,β-unsaturated/α-hetero) is 2. The van der Waals surface area contributed by atoms with Crippen molar-refractivity contribution in [3.63, 3.8) is 0 Å². The van der Waals surface area contributed by atoms with Crippen LogP contribution in [0.4, 0.5) is 0 Å². The van der Waals surface area contributed by atoms with Crippen LogP contribution in [0.15, 0.2) is 0 Å². The Labute approximate surface area is 231 Å². The lowest BCUT2D eigenvalue weighted by Gasteiger charge is -2.24. The molecule has 0 saturated carbocycles. The summed E-state index contributed by atoms with van der Waals surface area (Å²) in [5.74, 6) is -1.71. The molecule has 2 amide bonds. The van der Waals surface area contributed by atoms with Crippen molar-refractivity contribution >= 4 is 29.4 Å². The van der Waals surface area contributed by atoms with Gasteiger partial charge >= 0.3 is 5.97 Å². The van der Waals surface area contributed by atoms with Crippen LogP contribution in [0.25, 0.3) is 0 Å². The first-order valence-electron chi connectivity index (χ1n) is 13.4. The molecule has 2 unspecified atom stereocenters. The van der Waals surface area contributed by atoms with Crippen molar-refractivity contribution < 1.29 is 43.3 Å². The number of aliphatic carboxylic acids is 1. The van der Waals surface area contributed by atoms with Gasteiger partial charge in [-0.15, -0.1) is 0 Å². The summed E-state index contributed by atoms with van der Waals surface area (Å²) in [6.07, 6.45) is 2.51. The maximum Gasteiger partial charge on any atom is 0.326 e. The Bertz CT molecular complexity index is 736. The fraction of sp³-hybridized carbons (Fsp3) is 0.808. The van der Waals surface area contributed by atoms with Crippen LogP contribution >= 0.6 is 0 Å². The first-order valence-corrected chi connectivity index (χ1v) is 13.4. The van der Waals surface area contributed by atoms with Crippen LogP contribution in [0.2, 0.25) is 0 Å². The molecule has 0 radical (unpaired) electrons. The van der Waals surface area contributed by atoms with Gasteiger partial charge in [0.15, 0.2) is 0 Å². The number of nitrogens with one attached hydrogen (secondary N) is 3. The number of carboxylic acids is 1. The monoisotopic (exact) mass is 560 g/mol. The summed E-state index contributed by atoms with van der Waals surface area (Å²) >= 11 is 0. The molecular formula is C26H48N4O9. The second-order valence-electron chi connectivity index (χ2n) is 9.13. The van der Waals surface area contributed by atoms with Gasteiger partial charge in [0, 0.05) is 40.1 Å². The number of likely N-dealkylation sites (N-methyl/N-ethyl adjacent to an activating group) is 2. The molecule has 0 aliphatic heterocycles. The van der Waals surface area contributed by atoms with E-state index in [1.165, 1.54) is 14.0 Å². The van der Waals surface area contributed by atoms with Crippen LogP contribution in [0.1, 0.15) is 51.9 Å². The lowest BCUT2D eigenvalue weighted by molar-refractivity contribution is -0.150. The predicted molar refractivity (Wildman–Crippen MR) is 144 cm³/mol. The summed E-state index contributed by atoms with van der Waals surface area (Å²) in [5.41, 5.74) is 0. The number of rotatable bonds is 26. The van der Waals surface area contributed by atoms with E-state index in [1.807, 2.05) is 0 Å². The van der Waals surface area contributed by atoms with Gasteiger partial charge in [0.2, 0.25) is 11.8 Å². The number of hydrogen-bond donors (Lipinski definition) is 4. The highest BCUT2D eigenvalue weighted by molar-refractivity contribution is 5.84. The normalized spacial score (nSPS) is 12.5. The van der Waals surface area contributed by atoms with E-state index in [1.54, 1.807) is 14.2 Å². The average Bonchev–Trinajstić information content (AvgIpc) is 2.89. The van der Waals surface area contributed by atoms with E-state index in [-0.39, 0.29) is 62.5 Å². The van der Waals surface area contributed by atoms with E-state index >= 15 is 0 Å². The van der Waals surface area contributed by atoms with Gasteiger partial charge in [-0.3, -0.25) is 19.2 Å². The third-order valence-electron chi connectivity index (χ3n) is 6.03. The molecule has 0 bridgehead atoms. The largest absolute Gasteiger partial charge is 0.480 e. The number of hydrogen-bond acceptors (Lipinski definition) is 10. The molecule has 13 heteroatoms. The molecule has 0 aromatic carbocycles. The van der Waals surface area contributed by atoms with Crippen molar-refractivity contribution in [3.8, 4) is 0 Å². The molecule has 0 saturated heterocycles. The number of amides is 2. The number of ether oxygens (including phenoxy) is 3. The highest BCUT2D eigenvalue weighted by Crippen LogP contribution is 2.08. The Morgan fingerprint density at radius 3 is 2.18 bits per heavy atom. The number of nitrogens with zero attached hydrogens (tertiary/aromatic N) is 1. The molecule has 0 aliphatic carbocycles. The third-order valence-corrected chi connectivity index (χ3v) is 6.03. The van der Waals surface area contributed by atoms with Gasteiger partial charge in [-0.2, -0.15) is 0 Å². The fourth-order valence-electron chi connectivity index (χ4n) is 3.60. The van der Waals surface area contributed by atoms with E-state index in [4.69, 9.17) is 14.2 Å². The summed E-state index contributed by atoms with van der Waals surface area (Å²) in [5, 5.41) is 18.2. The van der Waals surface area contributed by atoms with Crippen molar-refractivity contribution in [2.45, 2.75) is 64.0 Å². The number of carbonyl (C=O) groups excluding carboxylic acids is 4. The first kappa shape index (κ1) is 36.5. The van der Waals surface area contributed by atoms with Crippen LogP contribution in [-0.2, 0) is 38.2 Å². The van der Waals surface area contributed by atoms with Gasteiger partial charge in [0.05, 0.1) is 52.0 Å².